The highest BCUT2D eigenvalue weighted by molar-refractivity contribution is 6.31. The van der Waals surface area contributed by atoms with Crippen LogP contribution in [0.1, 0.15) is 33.5 Å². The van der Waals surface area contributed by atoms with Gasteiger partial charge in [-0.15, -0.1) is 0 Å². The first-order valence-electron chi connectivity index (χ1n) is 8.92. The third-order valence-corrected chi connectivity index (χ3v) is 5.19. The van der Waals surface area contributed by atoms with E-state index in [0.29, 0.717) is 28.4 Å². The number of nitrogens with one attached hydrogen (secondary N) is 1. The molecule has 4 nitrogen and oxygen atoms in total. The molecule has 166 valence electrons. The van der Waals surface area contributed by atoms with Gasteiger partial charge in [-0.3, -0.25) is 9.59 Å². The Bertz CT molecular complexity index is 1000. The van der Waals surface area contributed by atoms with Crippen molar-refractivity contribution in [2.45, 2.75) is 31.7 Å². The molecule has 2 aromatic carbocycles. The smallest absolute Gasteiger partial charge is 0.347 e. The molecule has 0 radical (unpaired) electrons. The number of benzene rings is 2. The predicted molar refractivity (Wildman–Crippen MR) is 101 cm³/mol. The summed E-state index contributed by atoms with van der Waals surface area (Å²) in [6.45, 7) is 1.74. The van der Waals surface area contributed by atoms with Crippen LogP contribution >= 0.6 is 11.6 Å². The number of rotatable bonds is 3. The van der Waals surface area contributed by atoms with E-state index in [9.17, 15) is 35.9 Å². The van der Waals surface area contributed by atoms with Crippen LogP contribution in [0.3, 0.4) is 0 Å². The van der Waals surface area contributed by atoms with E-state index in [4.69, 9.17) is 11.6 Å². The molecule has 1 aliphatic heterocycles. The van der Waals surface area contributed by atoms with Crippen LogP contribution in [0.5, 0.6) is 0 Å². The molecule has 1 unspecified atom stereocenters. The number of aryl methyl sites for hydroxylation is 1. The summed E-state index contributed by atoms with van der Waals surface area (Å²) < 4.78 is 78.0. The van der Waals surface area contributed by atoms with Crippen molar-refractivity contribution in [2.75, 3.05) is 11.4 Å². The molecule has 0 spiro atoms. The van der Waals surface area contributed by atoms with Crippen LogP contribution in [0.15, 0.2) is 36.4 Å². The number of carbonyl (C=O) groups excluding carboxylic acids is 2. The quantitative estimate of drug-likeness (QED) is 0.633. The molecule has 1 aliphatic rings. The average molecular weight is 465 g/mol. The van der Waals surface area contributed by atoms with E-state index in [2.05, 4.69) is 5.32 Å². The second-order valence-electron chi connectivity index (χ2n) is 7.11. The van der Waals surface area contributed by atoms with E-state index in [1.54, 1.807) is 25.1 Å². The number of hydrogen-bond donors (Lipinski definition) is 1. The average Bonchev–Trinajstić information content (AvgIpc) is 3.02. The Labute approximate surface area is 177 Å². The van der Waals surface area contributed by atoms with Crippen molar-refractivity contribution in [1.82, 2.24) is 5.32 Å². The summed E-state index contributed by atoms with van der Waals surface area (Å²) in [6.07, 6.45) is -10.3. The zero-order valence-electron chi connectivity index (χ0n) is 15.9. The minimum Gasteiger partial charge on any atom is -0.347 e. The number of halogens is 7. The summed E-state index contributed by atoms with van der Waals surface area (Å²) in [4.78, 5) is 26.1. The fraction of sp³-hybridized carbons (Fsp3) is 0.300. The lowest BCUT2D eigenvalue weighted by molar-refractivity contribution is -0.143. The predicted octanol–water partition coefficient (Wildman–Crippen LogP) is 5.22. The lowest BCUT2D eigenvalue weighted by Crippen LogP contribution is -2.37. The molecule has 1 fully saturated rings. The maximum Gasteiger partial charge on any atom is 0.416 e. The summed E-state index contributed by atoms with van der Waals surface area (Å²) in [5.74, 6) is -1.49. The van der Waals surface area contributed by atoms with Crippen molar-refractivity contribution < 1.29 is 35.9 Å². The molecule has 0 saturated carbocycles. The van der Waals surface area contributed by atoms with E-state index in [1.807, 2.05) is 0 Å². The fourth-order valence-electron chi connectivity index (χ4n) is 3.21. The Morgan fingerprint density at radius 2 is 1.61 bits per heavy atom. The zero-order chi connectivity index (χ0) is 23.1. The minimum absolute atomic E-state index is 0.0107. The molecule has 31 heavy (non-hydrogen) atoms. The second kappa shape index (κ2) is 8.07. The summed E-state index contributed by atoms with van der Waals surface area (Å²) in [5, 5.41) is 2.84. The Morgan fingerprint density at radius 1 is 1.03 bits per heavy atom. The third-order valence-electron chi connectivity index (χ3n) is 4.76. The Balaban J connectivity index is 1.81. The van der Waals surface area contributed by atoms with Crippen molar-refractivity contribution in [1.29, 1.82) is 0 Å². The molecule has 2 amide bonds. The van der Waals surface area contributed by atoms with Gasteiger partial charge in [0.05, 0.1) is 17.2 Å². The van der Waals surface area contributed by atoms with Gasteiger partial charge in [-0.2, -0.15) is 26.3 Å². The van der Waals surface area contributed by atoms with E-state index in [1.165, 1.54) is 4.90 Å². The first kappa shape index (κ1) is 22.9. The number of alkyl halides is 6. The van der Waals surface area contributed by atoms with Crippen molar-refractivity contribution in [3.05, 3.63) is 63.7 Å². The summed E-state index contributed by atoms with van der Waals surface area (Å²) in [7, 11) is 0. The van der Waals surface area contributed by atoms with Crippen LogP contribution in [-0.4, -0.2) is 24.4 Å². The van der Waals surface area contributed by atoms with Gasteiger partial charge in [0.25, 0.3) is 5.91 Å². The van der Waals surface area contributed by atoms with Gasteiger partial charge in [0, 0.05) is 29.2 Å². The Kier molecular flexibility index (Phi) is 5.96. The molecular formula is C20H15ClF6N2O2. The lowest BCUT2D eigenvalue weighted by Gasteiger charge is -2.19. The van der Waals surface area contributed by atoms with E-state index in [0.717, 1.165) is 0 Å². The molecule has 0 bridgehead atoms. The van der Waals surface area contributed by atoms with Crippen LogP contribution in [0, 0.1) is 6.92 Å². The minimum atomic E-state index is -5.07. The molecule has 1 atom stereocenters. The van der Waals surface area contributed by atoms with Gasteiger partial charge in [-0.1, -0.05) is 11.6 Å². The molecule has 0 aliphatic carbocycles. The van der Waals surface area contributed by atoms with Gasteiger partial charge in [0.1, 0.15) is 0 Å². The number of amides is 2. The lowest BCUT2D eigenvalue weighted by atomic mass is 10.0. The van der Waals surface area contributed by atoms with Crippen molar-refractivity contribution in [3.63, 3.8) is 0 Å². The monoisotopic (exact) mass is 464 g/mol. The van der Waals surface area contributed by atoms with Crippen molar-refractivity contribution >= 4 is 29.1 Å². The van der Waals surface area contributed by atoms with Crippen LogP contribution in [-0.2, 0) is 17.1 Å². The summed E-state index contributed by atoms with van der Waals surface area (Å²) in [6, 6.07) is 4.70. The summed E-state index contributed by atoms with van der Waals surface area (Å²) >= 11 is 5.96. The van der Waals surface area contributed by atoms with Gasteiger partial charge in [0.15, 0.2) is 0 Å². The highest BCUT2D eigenvalue weighted by atomic mass is 35.5. The number of hydrogen-bond acceptors (Lipinski definition) is 2. The van der Waals surface area contributed by atoms with Gasteiger partial charge < -0.3 is 10.2 Å². The molecular weight excluding hydrogens is 450 g/mol. The standard InChI is InChI=1S/C20H15ClF6N2O2/c1-10-4-15(2-3-16(10)21)29-9-14(8-17(29)30)28-18(31)11-5-12(19(22,23)24)7-13(6-11)20(25,26)27/h2-7,14H,8-9H2,1H3,(H,28,31). The van der Waals surface area contributed by atoms with E-state index in [-0.39, 0.29) is 24.9 Å². The van der Waals surface area contributed by atoms with Gasteiger partial charge >= 0.3 is 12.4 Å². The van der Waals surface area contributed by atoms with Crippen LogP contribution in [0.25, 0.3) is 0 Å². The fourth-order valence-corrected chi connectivity index (χ4v) is 3.32. The highest BCUT2D eigenvalue weighted by Crippen LogP contribution is 2.36. The molecule has 11 heteroatoms. The maximum absolute atomic E-state index is 13.0. The zero-order valence-corrected chi connectivity index (χ0v) is 16.6. The van der Waals surface area contributed by atoms with Gasteiger partial charge in [-0.25, -0.2) is 0 Å². The van der Waals surface area contributed by atoms with E-state index >= 15 is 0 Å². The summed E-state index contributed by atoms with van der Waals surface area (Å²) in [5.41, 5.74) is -2.75. The van der Waals surface area contributed by atoms with Crippen molar-refractivity contribution in [2.24, 2.45) is 0 Å². The number of anilines is 1. The molecule has 2 aromatic rings. The second-order valence-corrected chi connectivity index (χ2v) is 7.51. The molecule has 1 heterocycles. The number of nitrogens with zero attached hydrogens (tertiary/aromatic N) is 1. The van der Waals surface area contributed by atoms with Crippen molar-refractivity contribution in [3.8, 4) is 0 Å². The third kappa shape index (κ3) is 5.12. The first-order chi connectivity index (χ1) is 14.3. The Morgan fingerprint density at radius 3 is 2.13 bits per heavy atom. The van der Waals surface area contributed by atoms with Crippen LogP contribution < -0.4 is 10.2 Å². The van der Waals surface area contributed by atoms with Gasteiger partial charge in [0.2, 0.25) is 5.91 Å². The topological polar surface area (TPSA) is 49.4 Å². The SMILES string of the molecule is Cc1cc(N2CC(NC(=O)c3cc(C(F)(F)F)cc(C(F)(F)F)c3)CC2=O)ccc1Cl. The van der Waals surface area contributed by atoms with Crippen LogP contribution in [0.4, 0.5) is 32.0 Å². The first-order valence-corrected chi connectivity index (χ1v) is 9.30. The number of carbonyl (C=O) groups is 2. The molecule has 0 aromatic heterocycles. The Hall–Kier alpha value is -2.75. The molecule has 3 rings (SSSR count). The normalized spacial score (nSPS) is 17.2. The van der Waals surface area contributed by atoms with Crippen LogP contribution in [0.2, 0.25) is 5.02 Å². The molecule has 1 saturated heterocycles. The van der Waals surface area contributed by atoms with Gasteiger partial charge in [-0.05, 0) is 48.9 Å². The highest BCUT2D eigenvalue weighted by Gasteiger charge is 2.38. The molecule has 1 N–H and O–H groups in total. The van der Waals surface area contributed by atoms with E-state index < -0.39 is 41.0 Å². The largest absolute Gasteiger partial charge is 0.416 e. The maximum atomic E-state index is 13.0.